The molecule has 1 aliphatic rings. The minimum absolute atomic E-state index is 0.175. The molecule has 3 rings (SSSR count). The molecule has 2 aromatic carbocycles. The van der Waals surface area contributed by atoms with Crippen LogP contribution < -0.4 is 4.72 Å². The van der Waals surface area contributed by atoms with E-state index in [1.165, 1.54) is 0 Å². The van der Waals surface area contributed by atoms with Crippen molar-refractivity contribution in [1.82, 2.24) is 9.62 Å². The Hall–Kier alpha value is -1.73. The zero-order valence-corrected chi connectivity index (χ0v) is 17.4. The Bertz CT molecular complexity index is 853. The van der Waals surface area contributed by atoms with Gasteiger partial charge in [-0.3, -0.25) is 4.90 Å². The maximum absolute atomic E-state index is 13.0. The van der Waals surface area contributed by atoms with Crippen molar-refractivity contribution in [3.63, 3.8) is 0 Å². The number of likely N-dealkylation sites (tertiary alicyclic amines) is 1. The van der Waals surface area contributed by atoms with Gasteiger partial charge in [0.15, 0.2) is 0 Å². The predicted octanol–water partition coefficient (Wildman–Crippen LogP) is 3.11. The maximum atomic E-state index is 13.0. The van der Waals surface area contributed by atoms with Gasteiger partial charge in [-0.1, -0.05) is 48.0 Å². The smallest absolute Gasteiger partial charge is 0.241 e. The summed E-state index contributed by atoms with van der Waals surface area (Å²) in [7, 11) is -3.64. The van der Waals surface area contributed by atoms with Crippen molar-refractivity contribution in [2.45, 2.75) is 43.7 Å². The number of aryl methyl sites for hydroxylation is 1. The molecule has 152 valence electrons. The lowest BCUT2D eigenvalue weighted by Gasteiger charge is -2.39. The summed E-state index contributed by atoms with van der Waals surface area (Å²) in [4.78, 5) is 2.57. The van der Waals surface area contributed by atoms with Crippen LogP contribution in [0.25, 0.3) is 0 Å². The Labute approximate surface area is 168 Å². The lowest BCUT2D eigenvalue weighted by molar-refractivity contribution is 0.0767. The topological polar surface area (TPSA) is 69.6 Å². The molecule has 5 nitrogen and oxygen atoms in total. The highest BCUT2D eigenvalue weighted by atomic mass is 32.2. The lowest BCUT2D eigenvalue weighted by Crippen LogP contribution is -2.47. The van der Waals surface area contributed by atoms with Crippen LogP contribution in [0.1, 0.15) is 36.9 Å². The summed E-state index contributed by atoms with van der Waals surface area (Å²) in [6.07, 6.45) is 2.02. The highest BCUT2D eigenvalue weighted by Crippen LogP contribution is 2.26. The summed E-state index contributed by atoms with van der Waals surface area (Å²) in [5, 5.41) is 9.57. The molecule has 6 heteroatoms. The molecule has 1 aliphatic heterocycles. The fourth-order valence-electron chi connectivity index (χ4n) is 3.77. The fraction of sp³-hybridized carbons (Fsp3) is 0.455. The molecular weight excluding hydrogens is 372 g/mol. The van der Waals surface area contributed by atoms with Gasteiger partial charge in [-0.2, -0.15) is 0 Å². The van der Waals surface area contributed by atoms with Crippen molar-refractivity contribution < 1.29 is 13.5 Å². The number of hydrogen-bond acceptors (Lipinski definition) is 4. The van der Waals surface area contributed by atoms with Crippen LogP contribution in [0.5, 0.6) is 0 Å². The Morgan fingerprint density at radius 1 is 1.11 bits per heavy atom. The lowest BCUT2D eigenvalue weighted by atomic mass is 9.93. The molecule has 0 spiro atoms. The second kappa shape index (κ2) is 9.18. The van der Waals surface area contributed by atoms with Crippen molar-refractivity contribution >= 4 is 10.0 Å². The first-order chi connectivity index (χ1) is 13.4. The third kappa shape index (κ3) is 5.20. The summed E-state index contributed by atoms with van der Waals surface area (Å²) >= 11 is 0. The Morgan fingerprint density at radius 2 is 1.79 bits per heavy atom. The molecule has 0 radical (unpaired) electrons. The van der Waals surface area contributed by atoms with Gasteiger partial charge in [0.25, 0.3) is 0 Å². The number of piperidine rings is 1. The summed E-state index contributed by atoms with van der Waals surface area (Å²) in [5.74, 6) is 0.251. The van der Waals surface area contributed by atoms with Crippen LogP contribution in [-0.4, -0.2) is 44.2 Å². The van der Waals surface area contributed by atoms with Gasteiger partial charge in [0.2, 0.25) is 10.0 Å². The third-order valence-corrected chi connectivity index (χ3v) is 7.10. The average Bonchev–Trinajstić information content (AvgIpc) is 2.70. The van der Waals surface area contributed by atoms with E-state index in [1.54, 1.807) is 12.1 Å². The van der Waals surface area contributed by atoms with Gasteiger partial charge in [-0.15, -0.1) is 0 Å². The molecule has 0 saturated carbocycles. The van der Waals surface area contributed by atoms with E-state index in [1.807, 2.05) is 49.4 Å². The standard InChI is InChI=1S/C22H30N2O3S/c1-17-8-12-21(13-9-17)28(26,27)23-22(20-6-4-3-5-7-20)15-24-14-19(16-25)11-10-18(24)2/h3-9,12-13,18-19,22-23,25H,10-11,14-16H2,1-2H3/t18-,19-,22+/m0/s1. The number of nitrogens with zero attached hydrogens (tertiary/aromatic N) is 1. The normalized spacial score (nSPS) is 22.1. The first-order valence-corrected chi connectivity index (χ1v) is 11.4. The van der Waals surface area contributed by atoms with E-state index < -0.39 is 10.0 Å². The average molecular weight is 403 g/mol. The van der Waals surface area contributed by atoms with Crippen molar-refractivity contribution in [2.75, 3.05) is 19.7 Å². The fourth-order valence-corrected chi connectivity index (χ4v) is 4.98. The number of rotatable bonds is 7. The van der Waals surface area contributed by atoms with Crippen molar-refractivity contribution in [1.29, 1.82) is 0 Å². The van der Waals surface area contributed by atoms with Crippen LogP contribution >= 0.6 is 0 Å². The molecule has 0 bridgehead atoms. The first-order valence-electron chi connectivity index (χ1n) is 9.88. The van der Waals surface area contributed by atoms with Gasteiger partial charge < -0.3 is 5.11 Å². The second-order valence-electron chi connectivity index (χ2n) is 7.83. The predicted molar refractivity (Wildman–Crippen MR) is 112 cm³/mol. The third-order valence-electron chi connectivity index (χ3n) is 5.61. The van der Waals surface area contributed by atoms with Gasteiger partial charge >= 0.3 is 0 Å². The van der Waals surface area contributed by atoms with Crippen molar-refractivity contribution in [3.8, 4) is 0 Å². The molecule has 1 heterocycles. The van der Waals surface area contributed by atoms with E-state index >= 15 is 0 Å². The molecule has 28 heavy (non-hydrogen) atoms. The number of benzene rings is 2. The van der Waals surface area contributed by atoms with Crippen molar-refractivity contribution in [2.24, 2.45) is 5.92 Å². The van der Waals surface area contributed by atoms with Gasteiger partial charge in [-0.05, 0) is 50.3 Å². The largest absolute Gasteiger partial charge is 0.396 e. The van der Waals surface area contributed by atoms with Crippen LogP contribution in [-0.2, 0) is 10.0 Å². The van der Waals surface area contributed by atoms with Crippen LogP contribution in [0.4, 0.5) is 0 Å². The molecule has 2 N–H and O–H groups in total. The van der Waals surface area contributed by atoms with E-state index in [4.69, 9.17) is 0 Å². The molecule has 3 atom stereocenters. The summed E-state index contributed by atoms with van der Waals surface area (Å²) < 4.78 is 28.9. The second-order valence-corrected chi connectivity index (χ2v) is 9.54. The van der Waals surface area contributed by atoms with Gasteiger partial charge in [0.1, 0.15) is 0 Å². The molecule has 0 aliphatic carbocycles. The van der Waals surface area contributed by atoms with E-state index in [2.05, 4.69) is 16.5 Å². The van der Waals surface area contributed by atoms with E-state index in [0.717, 1.165) is 30.5 Å². The number of aliphatic hydroxyl groups is 1. The van der Waals surface area contributed by atoms with Crippen LogP contribution in [0.3, 0.4) is 0 Å². The Balaban J connectivity index is 1.84. The molecule has 0 amide bonds. The molecule has 0 unspecified atom stereocenters. The number of nitrogens with one attached hydrogen (secondary N) is 1. The van der Waals surface area contributed by atoms with E-state index in [9.17, 15) is 13.5 Å². The van der Waals surface area contributed by atoms with Crippen LogP contribution in [0.2, 0.25) is 0 Å². The number of aliphatic hydroxyl groups excluding tert-OH is 1. The molecule has 2 aromatic rings. The van der Waals surface area contributed by atoms with Gasteiger partial charge in [0.05, 0.1) is 10.9 Å². The minimum atomic E-state index is -3.64. The maximum Gasteiger partial charge on any atom is 0.241 e. The summed E-state index contributed by atoms with van der Waals surface area (Å²) in [6.45, 7) is 5.64. The molecular formula is C22H30N2O3S. The Kier molecular flexibility index (Phi) is 6.88. The molecule has 1 fully saturated rings. The molecule has 1 saturated heterocycles. The Morgan fingerprint density at radius 3 is 2.43 bits per heavy atom. The van der Waals surface area contributed by atoms with E-state index in [-0.39, 0.29) is 23.5 Å². The quantitative estimate of drug-likeness (QED) is 0.747. The van der Waals surface area contributed by atoms with Gasteiger partial charge in [-0.25, -0.2) is 13.1 Å². The summed E-state index contributed by atoms with van der Waals surface area (Å²) in [5.41, 5.74) is 1.97. The van der Waals surface area contributed by atoms with Gasteiger partial charge in [0, 0.05) is 25.7 Å². The zero-order chi connectivity index (χ0) is 20.1. The van der Waals surface area contributed by atoms with Crippen molar-refractivity contribution in [3.05, 3.63) is 65.7 Å². The number of sulfonamides is 1. The van der Waals surface area contributed by atoms with E-state index in [0.29, 0.717) is 12.6 Å². The highest BCUT2D eigenvalue weighted by Gasteiger charge is 2.29. The SMILES string of the molecule is Cc1ccc(S(=O)(=O)N[C@H](CN2C[C@@H](CO)CC[C@@H]2C)c2ccccc2)cc1. The first kappa shape index (κ1) is 21.0. The number of hydrogen-bond donors (Lipinski definition) is 2. The zero-order valence-electron chi connectivity index (χ0n) is 16.6. The highest BCUT2D eigenvalue weighted by molar-refractivity contribution is 7.89. The molecule has 0 aromatic heterocycles. The summed E-state index contributed by atoms with van der Waals surface area (Å²) in [6, 6.07) is 16.6. The minimum Gasteiger partial charge on any atom is -0.396 e. The van der Waals surface area contributed by atoms with Crippen LogP contribution in [0.15, 0.2) is 59.5 Å². The monoisotopic (exact) mass is 402 g/mol. The van der Waals surface area contributed by atoms with Crippen LogP contribution in [0, 0.1) is 12.8 Å².